The van der Waals surface area contributed by atoms with Gasteiger partial charge in [0.05, 0.1) is 12.4 Å². The molecule has 0 aliphatic carbocycles. The van der Waals surface area contributed by atoms with Crippen molar-refractivity contribution in [1.29, 1.82) is 0 Å². The number of benzene rings is 3. The summed E-state index contributed by atoms with van der Waals surface area (Å²) in [5, 5.41) is 8.10. The predicted octanol–water partition coefficient (Wildman–Crippen LogP) is 6.63. The van der Waals surface area contributed by atoms with E-state index >= 15 is 0 Å². The summed E-state index contributed by atoms with van der Waals surface area (Å²) in [4.78, 5) is 0. The first-order valence-corrected chi connectivity index (χ1v) is 9.84. The van der Waals surface area contributed by atoms with Crippen molar-refractivity contribution in [3.63, 3.8) is 0 Å². The van der Waals surface area contributed by atoms with E-state index in [4.69, 9.17) is 0 Å². The van der Waals surface area contributed by atoms with Crippen LogP contribution in [0.3, 0.4) is 0 Å². The maximum absolute atomic E-state index is 14.5. The van der Waals surface area contributed by atoms with Crippen molar-refractivity contribution < 1.29 is 4.39 Å². The van der Waals surface area contributed by atoms with E-state index in [1.54, 1.807) is 18.5 Å². The summed E-state index contributed by atoms with van der Waals surface area (Å²) < 4.78 is 14.5. The van der Waals surface area contributed by atoms with Crippen molar-refractivity contribution in [1.82, 2.24) is 0 Å². The Morgan fingerprint density at radius 3 is 2.07 bits per heavy atom. The molecule has 29 heavy (non-hydrogen) atoms. The van der Waals surface area contributed by atoms with E-state index in [2.05, 4.69) is 35.8 Å². The van der Waals surface area contributed by atoms with Gasteiger partial charge in [-0.2, -0.15) is 10.2 Å². The highest BCUT2D eigenvalue weighted by Gasteiger charge is 2.05. The fraction of sp³-hybridized carbons (Fsp3) is 0.154. The van der Waals surface area contributed by atoms with Crippen LogP contribution in [0.15, 0.2) is 89.6 Å². The number of rotatable bonds is 8. The van der Waals surface area contributed by atoms with Crippen molar-refractivity contribution in [3.05, 3.63) is 107 Å². The van der Waals surface area contributed by atoms with Gasteiger partial charge in [0.15, 0.2) is 0 Å². The molecule has 0 radical (unpaired) electrons. The van der Waals surface area contributed by atoms with Gasteiger partial charge >= 0.3 is 0 Å². The Balaban J connectivity index is 1.63. The van der Waals surface area contributed by atoms with Crippen LogP contribution in [-0.4, -0.2) is 12.4 Å². The lowest BCUT2D eigenvalue weighted by Crippen LogP contribution is -1.89. The van der Waals surface area contributed by atoms with Gasteiger partial charge in [0.25, 0.3) is 0 Å². The fourth-order valence-corrected chi connectivity index (χ4v) is 3.00. The van der Waals surface area contributed by atoms with Gasteiger partial charge in [0.2, 0.25) is 0 Å². The van der Waals surface area contributed by atoms with E-state index in [-0.39, 0.29) is 5.82 Å². The molecular weight excluding hydrogens is 359 g/mol. The Morgan fingerprint density at radius 1 is 0.828 bits per heavy atom. The fourth-order valence-electron chi connectivity index (χ4n) is 3.00. The molecule has 0 heterocycles. The number of halogens is 1. The van der Waals surface area contributed by atoms with Gasteiger partial charge in [-0.1, -0.05) is 73.7 Å². The second-order valence-corrected chi connectivity index (χ2v) is 6.85. The van der Waals surface area contributed by atoms with Crippen LogP contribution in [0, 0.1) is 5.82 Å². The van der Waals surface area contributed by atoms with Gasteiger partial charge in [0, 0.05) is 5.56 Å². The minimum atomic E-state index is -0.266. The molecule has 0 N–H and O–H groups in total. The quantitative estimate of drug-likeness (QED) is 0.237. The Hall–Kier alpha value is -3.33. The summed E-state index contributed by atoms with van der Waals surface area (Å²) in [6.07, 6.45) is 8.09. The molecule has 0 fully saturated rings. The second kappa shape index (κ2) is 10.3. The molecule has 0 amide bonds. The summed E-state index contributed by atoms with van der Waals surface area (Å²) >= 11 is 0. The van der Waals surface area contributed by atoms with Gasteiger partial charge in [-0.25, -0.2) is 4.39 Å². The van der Waals surface area contributed by atoms with E-state index in [1.165, 1.54) is 17.2 Å². The number of aryl methyl sites for hydroxylation is 2. The Kier molecular flexibility index (Phi) is 7.23. The molecule has 3 heteroatoms. The average Bonchev–Trinajstić information content (AvgIpc) is 2.76. The number of nitrogens with zero attached hydrogens (tertiary/aromatic N) is 2. The molecular formula is C26H25FN2. The van der Waals surface area contributed by atoms with Gasteiger partial charge < -0.3 is 0 Å². The highest BCUT2D eigenvalue weighted by molar-refractivity contribution is 5.83. The van der Waals surface area contributed by atoms with Crippen LogP contribution in [0.2, 0.25) is 0 Å². The van der Waals surface area contributed by atoms with Crippen LogP contribution in [0.4, 0.5) is 4.39 Å². The molecule has 0 unspecified atom stereocenters. The molecule has 2 nitrogen and oxygen atoms in total. The molecule has 0 aliphatic rings. The summed E-state index contributed by atoms with van der Waals surface area (Å²) in [6, 6.07) is 21.3. The third kappa shape index (κ3) is 5.82. The topological polar surface area (TPSA) is 24.7 Å². The van der Waals surface area contributed by atoms with Gasteiger partial charge in [-0.05, 0) is 53.1 Å². The SMILES string of the molecule is C=CCCc1ccc(C=NN=Cc2ccc(-c3ccc(CC)cc3)c(F)c2)cc1. The van der Waals surface area contributed by atoms with Crippen LogP contribution < -0.4 is 0 Å². The smallest absolute Gasteiger partial charge is 0.131 e. The monoisotopic (exact) mass is 384 g/mol. The molecule has 0 bridgehead atoms. The summed E-state index contributed by atoms with van der Waals surface area (Å²) in [5.74, 6) is -0.266. The van der Waals surface area contributed by atoms with Gasteiger partial charge in [-0.15, -0.1) is 6.58 Å². The largest absolute Gasteiger partial charge is 0.206 e. The maximum Gasteiger partial charge on any atom is 0.131 e. The lowest BCUT2D eigenvalue weighted by atomic mass is 10.0. The molecule has 3 aromatic rings. The molecule has 146 valence electrons. The van der Waals surface area contributed by atoms with Crippen molar-refractivity contribution >= 4 is 12.4 Å². The van der Waals surface area contributed by atoms with Gasteiger partial charge in [-0.3, -0.25) is 0 Å². The maximum atomic E-state index is 14.5. The normalized spacial score (nSPS) is 11.4. The lowest BCUT2D eigenvalue weighted by Gasteiger charge is -2.05. The molecule has 3 aromatic carbocycles. The van der Waals surface area contributed by atoms with Crippen molar-refractivity contribution in [2.75, 3.05) is 0 Å². The number of hydrogen-bond acceptors (Lipinski definition) is 2. The predicted molar refractivity (Wildman–Crippen MR) is 121 cm³/mol. The second-order valence-electron chi connectivity index (χ2n) is 6.85. The van der Waals surface area contributed by atoms with E-state index in [1.807, 2.05) is 48.5 Å². The first-order valence-electron chi connectivity index (χ1n) is 9.84. The summed E-state index contributed by atoms with van der Waals surface area (Å²) in [5.41, 5.74) is 5.62. The highest BCUT2D eigenvalue weighted by atomic mass is 19.1. The minimum absolute atomic E-state index is 0.266. The molecule has 3 rings (SSSR count). The molecule has 0 saturated heterocycles. The van der Waals surface area contributed by atoms with Crippen LogP contribution in [0.25, 0.3) is 11.1 Å². The Labute approximate surface area is 172 Å². The van der Waals surface area contributed by atoms with E-state index < -0.39 is 0 Å². The van der Waals surface area contributed by atoms with Crippen LogP contribution >= 0.6 is 0 Å². The Morgan fingerprint density at radius 2 is 1.45 bits per heavy atom. The summed E-state index contributed by atoms with van der Waals surface area (Å²) in [7, 11) is 0. The molecule has 0 spiro atoms. The first kappa shape index (κ1) is 20.4. The minimum Gasteiger partial charge on any atom is -0.206 e. The number of allylic oxidation sites excluding steroid dienone is 1. The molecule has 0 atom stereocenters. The van der Waals surface area contributed by atoms with Gasteiger partial charge in [0.1, 0.15) is 5.82 Å². The van der Waals surface area contributed by atoms with Crippen molar-refractivity contribution in [2.45, 2.75) is 26.2 Å². The first-order chi connectivity index (χ1) is 14.2. The Bertz CT molecular complexity index is 1000. The molecule has 0 saturated carbocycles. The molecule has 0 aliphatic heterocycles. The average molecular weight is 384 g/mol. The van der Waals surface area contributed by atoms with Crippen LogP contribution in [0.1, 0.15) is 35.6 Å². The van der Waals surface area contributed by atoms with E-state index in [0.717, 1.165) is 30.4 Å². The highest BCUT2D eigenvalue weighted by Crippen LogP contribution is 2.24. The van der Waals surface area contributed by atoms with Crippen molar-refractivity contribution in [2.24, 2.45) is 10.2 Å². The zero-order chi connectivity index (χ0) is 20.5. The molecule has 0 aromatic heterocycles. The standard InChI is InChI=1S/C26H25FN2/c1-3-5-6-21-7-9-22(10-8-21)18-28-29-19-23-13-16-25(26(27)17-23)24-14-11-20(4-2)12-15-24/h3,7-19H,1,4-6H2,2H3. The zero-order valence-electron chi connectivity index (χ0n) is 16.7. The summed E-state index contributed by atoms with van der Waals surface area (Å²) in [6.45, 7) is 5.84. The van der Waals surface area contributed by atoms with Crippen LogP contribution in [0.5, 0.6) is 0 Å². The third-order valence-corrected chi connectivity index (χ3v) is 4.76. The van der Waals surface area contributed by atoms with Crippen molar-refractivity contribution in [3.8, 4) is 11.1 Å². The lowest BCUT2D eigenvalue weighted by molar-refractivity contribution is 0.631. The van der Waals surface area contributed by atoms with Crippen LogP contribution in [-0.2, 0) is 12.8 Å². The third-order valence-electron chi connectivity index (χ3n) is 4.76. The number of hydrogen-bond donors (Lipinski definition) is 0. The van der Waals surface area contributed by atoms with E-state index in [0.29, 0.717) is 11.1 Å². The van der Waals surface area contributed by atoms with E-state index in [9.17, 15) is 4.39 Å². The zero-order valence-corrected chi connectivity index (χ0v) is 16.7.